The third kappa shape index (κ3) is 7.21. The fourth-order valence-electron chi connectivity index (χ4n) is 3.75. The van der Waals surface area contributed by atoms with Gasteiger partial charge in [0.1, 0.15) is 11.3 Å². The third-order valence-corrected chi connectivity index (χ3v) is 6.39. The van der Waals surface area contributed by atoms with Gasteiger partial charge in [0.05, 0.1) is 17.7 Å². The van der Waals surface area contributed by atoms with E-state index in [1.54, 1.807) is 6.07 Å². The minimum atomic E-state index is -0.313. The van der Waals surface area contributed by atoms with Crippen molar-refractivity contribution in [3.05, 3.63) is 63.3 Å². The number of rotatable bonds is 12. The van der Waals surface area contributed by atoms with E-state index in [0.29, 0.717) is 10.2 Å². The lowest BCUT2D eigenvalue weighted by Crippen LogP contribution is -2.44. The van der Waals surface area contributed by atoms with Crippen LogP contribution in [-0.4, -0.2) is 34.8 Å². The number of fused-ring (bicyclic) bond motifs is 1. The van der Waals surface area contributed by atoms with Crippen molar-refractivity contribution < 1.29 is 14.6 Å². The predicted octanol–water partition coefficient (Wildman–Crippen LogP) is 4.55. The summed E-state index contributed by atoms with van der Waals surface area (Å²) >= 11 is 1.01. The van der Waals surface area contributed by atoms with Crippen molar-refractivity contribution in [2.24, 2.45) is 0 Å². The normalized spacial score (nSPS) is 11.7. The number of unbranched alkanes of at least 4 members (excludes halogenated alkanes) is 2. The highest BCUT2D eigenvalue weighted by molar-refractivity contribution is 7.16. The summed E-state index contributed by atoms with van der Waals surface area (Å²) in [4.78, 5) is 26.6. The number of benzene rings is 2. The Kier molecular flexibility index (Phi) is 8.47. The molecule has 6 nitrogen and oxygen atoms in total. The minimum absolute atomic E-state index is 0.0203. The maximum absolute atomic E-state index is 12.6. The Morgan fingerprint density at radius 3 is 2.66 bits per heavy atom. The van der Waals surface area contributed by atoms with Gasteiger partial charge in [-0.1, -0.05) is 60.6 Å². The summed E-state index contributed by atoms with van der Waals surface area (Å²) in [5.74, 6) is -0.0704. The number of nitrogens with one attached hydrogen (secondary N) is 2. The van der Waals surface area contributed by atoms with E-state index in [1.165, 1.54) is 11.6 Å². The zero-order valence-corrected chi connectivity index (χ0v) is 19.6. The quantitative estimate of drug-likeness (QED) is 0.349. The van der Waals surface area contributed by atoms with Gasteiger partial charge in [0.2, 0.25) is 5.91 Å². The number of hydrogen-bond acceptors (Lipinski definition) is 5. The first-order chi connectivity index (χ1) is 15.3. The number of aromatic nitrogens is 1. The second-order valence-electron chi connectivity index (χ2n) is 8.73. The highest BCUT2D eigenvalue weighted by Crippen LogP contribution is 2.28. The SMILES string of the molecule is CC(C)(CCCCCOCCc1ccccc1)NC(=O)Cc1ccc(O)c2[nH]c(=O)sc12. The van der Waals surface area contributed by atoms with E-state index in [4.69, 9.17) is 4.74 Å². The number of thiazole rings is 1. The predicted molar refractivity (Wildman–Crippen MR) is 129 cm³/mol. The maximum atomic E-state index is 12.6. The first-order valence-corrected chi connectivity index (χ1v) is 11.9. The number of phenolic OH excluding ortho intramolecular Hbond substituents is 1. The number of aromatic amines is 1. The Morgan fingerprint density at radius 2 is 1.88 bits per heavy atom. The van der Waals surface area contributed by atoms with E-state index >= 15 is 0 Å². The average Bonchev–Trinajstić information content (AvgIpc) is 3.15. The van der Waals surface area contributed by atoms with E-state index < -0.39 is 0 Å². The van der Waals surface area contributed by atoms with E-state index in [-0.39, 0.29) is 28.5 Å². The third-order valence-electron chi connectivity index (χ3n) is 5.44. The maximum Gasteiger partial charge on any atom is 0.305 e. The van der Waals surface area contributed by atoms with Gasteiger partial charge < -0.3 is 20.1 Å². The zero-order chi connectivity index (χ0) is 23.0. The van der Waals surface area contributed by atoms with Gasteiger partial charge in [-0.3, -0.25) is 9.59 Å². The monoisotopic (exact) mass is 456 g/mol. The van der Waals surface area contributed by atoms with Gasteiger partial charge in [-0.25, -0.2) is 0 Å². The molecule has 7 heteroatoms. The second-order valence-corrected chi connectivity index (χ2v) is 9.71. The number of phenols is 1. The fraction of sp³-hybridized carbons (Fsp3) is 0.440. The fourth-order valence-corrected chi connectivity index (χ4v) is 4.62. The van der Waals surface area contributed by atoms with Crippen molar-refractivity contribution >= 4 is 27.5 Å². The summed E-state index contributed by atoms with van der Waals surface area (Å²) < 4.78 is 6.37. The van der Waals surface area contributed by atoms with Gasteiger partial charge in [0.25, 0.3) is 0 Å². The molecule has 0 fully saturated rings. The van der Waals surface area contributed by atoms with Crippen LogP contribution < -0.4 is 10.2 Å². The average molecular weight is 457 g/mol. The van der Waals surface area contributed by atoms with Crippen LogP contribution in [0.15, 0.2) is 47.3 Å². The molecular weight excluding hydrogens is 424 g/mol. The van der Waals surface area contributed by atoms with Gasteiger partial charge in [-0.15, -0.1) is 0 Å². The minimum Gasteiger partial charge on any atom is -0.506 e. The zero-order valence-electron chi connectivity index (χ0n) is 18.8. The van der Waals surface area contributed by atoms with Crippen molar-refractivity contribution in [3.8, 4) is 5.75 Å². The van der Waals surface area contributed by atoms with Crippen LogP contribution in [0.4, 0.5) is 0 Å². The lowest BCUT2D eigenvalue weighted by atomic mass is 9.96. The van der Waals surface area contributed by atoms with Crippen molar-refractivity contribution in [1.82, 2.24) is 10.3 Å². The lowest BCUT2D eigenvalue weighted by molar-refractivity contribution is -0.122. The number of amides is 1. The Labute approximate surface area is 192 Å². The molecule has 0 atom stereocenters. The van der Waals surface area contributed by atoms with Crippen LogP contribution in [0.3, 0.4) is 0 Å². The molecule has 0 radical (unpaired) electrons. The molecule has 3 N–H and O–H groups in total. The summed E-state index contributed by atoms with van der Waals surface area (Å²) in [7, 11) is 0. The van der Waals surface area contributed by atoms with Crippen LogP contribution in [-0.2, 0) is 22.4 Å². The number of aromatic hydroxyl groups is 1. The van der Waals surface area contributed by atoms with E-state index in [2.05, 4.69) is 22.4 Å². The molecular formula is C25H32N2O4S. The van der Waals surface area contributed by atoms with Crippen LogP contribution in [0.5, 0.6) is 5.75 Å². The molecule has 0 spiro atoms. The molecule has 0 bridgehead atoms. The molecule has 0 saturated carbocycles. The number of H-pyrrole nitrogens is 1. The topological polar surface area (TPSA) is 91.4 Å². The molecule has 0 saturated heterocycles. The molecule has 1 aromatic heterocycles. The van der Waals surface area contributed by atoms with Gasteiger partial charge in [-0.05, 0) is 50.3 Å². The van der Waals surface area contributed by atoms with Crippen LogP contribution >= 0.6 is 11.3 Å². The highest BCUT2D eigenvalue weighted by atomic mass is 32.1. The van der Waals surface area contributed by atoms with Gasteiger partial charge in [-0.2, -0.15) is 0 Å². The van der Waals surface area contributed by atoms with Crippen molar-refractivity contribution in [2.75, 3.05) is 13.2 Å². The van der Waals surface area contributed by atoms with Crippen LogP contribution in [0.1, 0.15) is 50.7 Å². The molecule has 3 aromatic rings. The van der Waals surface area contributed by atoms with E-state index in [0.717, 1.165) is 62.2 Å². The summed E-state index contributed by atoms with van der Waals surface area (Å²) in [6.45, 7) is 5.56. The molecule has 0 aliphatic heterocycles. The molecule has 0 aliphatic rings. The van der Waals surface area contributed by atoms with Crippen molar-refractivity contribution in [1.29, 1.82) is 0 Å². The summed E-state index contributed by atoms with van der Waals surface area (Å²) in [5.41, 5.74) is 2.12. The molecule has 0 unspecified atom stereocenters. The Hall–Kier alpha value is -2.64. The number of carbonyl (C=O) groups excluding carboxylic acids is 1. The number of hydrogen-bond donors (Lipinski definition) is 3. The Morgan fingerprint density at radius 1 is 1.09 bits per heavy atom. The van der Waals surface area contributed by atoms with Crippen molar-refractivity contribution in [3.63, 3.8) is 0 Å². The Balaban J connectivity index is 1.34. The van der Waals surface area contributed by atoms with Crippen LogP contribution in [0.2, 0.25) is 0 Å². The molecule has 0 aliphatic carbocycles. The first kappa shape index (κ1) is 24.0. The van der Waals surface area contributed by atoms with Crippen LogP contribution in [0.25, 0.3) is 10.2 Å². The first-order valence-electron chi connectivity index (χ1n) is 11.1. The Bertz CT molecular complexity index is 1070. The molecule has 172 valence electrons. The van der Waals surface area contributed by atoms with E-state index in [1.807, 2.05) is 32.0 Å². The van der Waals surface area contributed by atoms with Gasteiger partial charge in [0, 0.05) is 12.1 Å². The second kappa shape index (κ2) is 11.3. The molecule has 32 heavy (non-hydrogen) atoms. The highest BCUT2D eigenvalue weighted by Gasteiger charge is 2.21. The summed E-state index contributed by atoms with van der Waals surface area (Å²) in [5, 5.41) is 13.0. The molecule has 1 heterocycles. The van der Waals surface area contributed by atoms with Gasteiger partial charge >= 0.3 is 4.87 Å². The largest absolute Gasteiger partial charge is 0.506 e. The van der Waals surface area contributed by atoms with Crippen LogP contribution in [0, 0.1) is 0 Å². The van der Waals surface area contributed by atoms with E-state index in [9.17, 15) is 14.7 Å². The lowest BCUT2D eigenvalue weighted by Gasteiger charge is -2.26. The standard InChI is InChI=1S/C25H32N2O4S/c1-25(2,14-7-4-8-15-31-16-13-18-9-5-3-6-10-18)27-21(29)17-19-11-12-20(28)22-23(19)32-24(30)26-22/h3,5-6,9-12,28H,4,7-8,13-17H2,1-2H3,(H,26,30)(H,27,29). The number of ether oxygens (including phenoxy) is 1. The molecule has 1 amide bonds. The smallest absolute Gasteiger partial charge is 0.305 e. The van der Waals surface area contributed by atoms with Gasteiger partial charge in [0.15, 0.2) is 0 Å². The summed E-state index contributed by atoms with van der Waals surface area (Å²) in [6.07, 6.45) is 5.07. The van der Waals surface area contributed by atoms with Crippen molar-refractivity contribution in [2.45, 2.75) is 57.9 Å². The molecule has 3 rings (SSSR count). The molecule has 2 aromatic carbocycles. The summed E-state index contributed by atoms with van der Waals surface area (Å²) in [6, 6.07) is 13.6. The number of carbonyl (C=O) groups is 1.